The second-order valence-electron chi connectivity index (χ2n) is 5.22. The third-order valence-corrected chi connectivity index (χ3v) is 15.3. The SMILES string of the molecule is CCCC(CCC)(CN(S(=O)(=O)C(Br)(Br)Br)S(=O)(=O)C(Br)(Br)Br)O[SiH3]. The van der Waals surface area contributed by atoms with E-state index in [2.05, 4.69) is 95.6 Å². The van der Waals surface area contributed by atoms with E-state index in [1.807, 2.05) is 13.8 Å². The fourth-order valence-corrected chi connectivity index (χ4v) is 10.6. The molecule has 152 valence electrons. The summed E-state index contributed by atoms with van der Waals surface area (Å²) in [7, 11) is -8.49. The first-order chi connectivity index (χ1) is 11.0. The standard InChI is InChI=1S/C10H19Br6NO5S2Si/c1-3-5-8(22-25,6-4-2)7-17(23(18,19)9(11,12)13)24(20,21)10(14,15)16/h3-7H2,1-2,25H3. The molecule has 0 rings (SSSR count). The molecule has 0 amide bonds. The van der Waals surface area contributed by atoms with Gasteiger partial charge in [0.25, 0.3) is 20.0 Å². The van der Waals surface area contributed by atoms with Gasteiger partial charge >= 0.3 is 0 Å². The summed E-state index contributed by atoms with van der Waals surface area (Å²) in [5.74, 6) is 0. The third kappa shape index (κ3) is 6.98. The van der Waals surface area contributed by atoms with Crippen LogP contribution in [0.2, 0.25) is 0 Å². The first-order valence-electron chi connectivity index (χ1n) is 6.98. The second-order valence-corrected chi connectivity index (χ2v) is 26.5. The molecular formula is C10H19Br6NO5S2Si. The van der Waals surface area contributed by atoms with Crippen LogP contribution in [0.25, 0.3) is 0 Å². The quantitative estimate of drug-likeness (QED) is 0.259. The maximum absolute atomic E-state index is 12.9. The maximum Gasteiger partial charge on any atom is 0.263 e. The Labute approximate surface area is 203 Å². The van der Waals surface area contributed by atoms with Gasteiger partial charge in [0, 0.05) is 0 Å². The molecule has 0 aliphatic rings. The Hall–Kier alpha value is 2.92. The van der Waals surface area contributed by atoms with Gasteiger partial charge in [-0.1, -0.05) is 30.4 Å². The van der Waals surface area contributed by atoms with Gasteiger partial charge in [-0.3, -0.25) is 0 Å². The third-order valence-electron chi connectivity index (χ3n) is 3.38. The Morgan fingerprint density at radius 1 is 0.840 bits per heavy atom. The van der Waals surface area contributed by atoms with Gasteiger partial charge in [0.05, 0.1) is 12.1 Å². The van der Waals surface area contributed by atoms with Crippen molar-refractivity contribution in [2.24, 2.45) is 0 Å². The van der Waals surface area contributed by atoms with Crippen molar-refractivity contribution in [3.05, 3.63) is 0 Å². The molecule has 0 saturated carbocycles. The highest BCUT2D eigenvalue weighted by Crippen LogP contribution is 2.48. The van der Waals surface area contributed by atoms with Crippen molar-refractivity contribution in [3.8, 4) is 0 Å². The molecule has 25 heavy (non-hydrogen) atoms. The van der Waals surface area contributed by atoms with Crippen LogP contribution in [-0.4, -0.2) is 46.1 Å². The number of rotatable bonds is 9. The van der Waals surface area contributed by atoms with Crippen molar-refractivity contribution in [2.45, 2.75) is 48.1 Å². The van der Waals surface area contributed by atoms with Crippen molar-refractivity contribution in [1.82, 2.24) is 3.71 Å². The fourth-order valence-electron chi connectivity index (χ4n) is 2.23. The summed E-state index contributed by atoms with van der Waals surface area (Å²) >= 11 is 17.6. The Morgan fingerprint density at radius 3 is 1.36 bits per heavy atom. The smallest absolute Gasteiger partial charge is 0.263 e. The minimum absolute atomic E-state index is 0.335. The number of alkyl halides is 6. The van der Waals surface area contributed by atoms with Crippen molar-refractivity contribution in [2.75, 3.05) is 6.54 Å². The average Bonchev–Trinajstić information content (AvgIpc) is 2.42. The summed E-state index contributed by atoms with van der Waals surface area (Å²) in [6.45, 7) is 3.54. The average molecular weight is 805 g/mol. The van der Waals surface area contributed by atoms with E-state index < -0.39 is 28.6 Å². The highest BCUT2D eigenvalue weighted by molar-refractivity contribution is 9.43. The molecular weight excluding hydrogens is 786 g/mol. The van der Waals surface area contributed by atoms with Crippen LogP contribution >= 0.6 is 95.6 Å². The van der Waals surface area contributed by atoms with Crippen LogP contribution < -0.4 is 0 Å². The van der Waals surface area contributed by atoms with Crippen LogP contribution in [0.5, 0.6) is 0 Å². The van der Waals surface area contributed by atoms with E-state index in [0.717, 1.165) is 12.8 Å². The molecule has 0 aromatic rings. The predicted octanol–water partition coefficient (Wildman–Crippen LogP) is 4.18. The zero-order valence-corrected chi connectivity index (χ0v) is 26.8. The van der Waals surface area contributed by atoms with Gasteiger partial charge in [0.1, 0.15) is 10.5 Å². The van der Waals surface area contributed by atoms with E-state index in [4.69, 9.17) is 4.43 Å². The number of hydrogen-bond donors (Lipinski definition) is 0. The molecule has 0 bridgehead atoms. The topological polar surface area (TPSA) is 80.8 Å². The summed E-state index contributed by atoms with van der Waals surface area (Å²) in [6, 6.07) is 0. The normalized spacial score (nSPS) is 15.1. The first-order valence-corrected chi connectivity index (χ1v) is 15.4. The number of halogens is 6. The van der Waals surface area contributed by atoms with E-state index >= 15 is 0 Å². The van der Waals surface area contributed by atoms with Crippen LogP contribution in [0, 0.1) is 0 Å². The summed E-state index contributed by atoms with van der Waals surface area (Å²) in [5.41, 5.74) is -0.883. The molecule has 15 heteroatoms. The van der Waals surface area contributed by atoms with Crippen molar-refractivity contribution < 1.29 is 21.3 Å². The summed E-state index contributed by atoms with van der Waals surface area (Å²) in [6.07, 6.45) is 2.51. The number of sulfonamides is 2. The Bertz CT molecular complexity index is 596. The monoisotopic (exact) mass is 799 g/mol. The molecule has 0 saturated heterocycles. The number of hydrogen-bond acceptors (Lipinski definition) is 5. The van der Waals surface area contributed by atoms with E-state index in [9.17, 15) is 16.8 Å². The molecule has 6 nitrogen and oxygen atoms in total. The highest BCUT2D eigenvalue weighted by atomic mass is 80.0. The summed E-state index contributed by atoms with van der Waals surface area (Å²) in [4.78, 5) is 0. The molecule has 0 radical (unpaired) electrons. The lowest BCUT2D eigenvalue weighted by Crippen LogP contribution is -2.54. The summed E-state index contributed by atoms with van der Waals surface area (Å²) < 4.78 is 54.3. The maximum atomic E-state index is 12.9. The van der Waals surface area contributed by atoms with Gasteiger partial charge in [-0.15, -0.1) is 0 Å². The van der Waals surface area contributed by atoms with E-state index in [0.29, 0.717) is 27.0 Å². The molecule has 0 aromatic heterocycles. The molecule has 0 unspecified atom stereocenters. The van der Waals surface area contributed by atoms with Gasteiger partial charge < -0.3 is 4.43 Å². The van der Waals surface area contributed by atoms with Crippen molar-refractivity contribution in [3.63, 3.8) is 0 Å². The highest BCUT2D eigenvalue weighted by Gasteiger charge is 2.54. The van der Waals surface area contributed by atoms with Gasteiger partial charge in [0.15, 0.2) is 0 Å². The Balaban J connectivity index is 6.46. The Kier molecular flexibility index (Phi) is 11.5. The van der Waals surface area contributed by atoms with Crippen molar-refractivity contribution >= 4 is 126 Å². The number of nitrogens with zero attached hydrogens (tertiary/aromatic N) is 1. The molecule has 0 aliphatic heterocycles. The molecule has 0 atom stereocenters. The molecule has 0 heterocycles. The van der Waals surface area contributed by atoms with Crippen LogP contribution in [0.15, 0.2) is 0 Å². The largest absolute Gasteiger partial charge is 0.421 e. The van der Waals surface area contributed by atoms with Crippen LogP contribution in [0.1, 0.15) is 39.5 Å². The van der Waals surface area contributed by atoms with Crippen molar-refractivity contribution in [1.29, 1.82) is 0 Å². The lowest BCUT2D eigenvalue weighted by Gasteiger charge is -2.39. The molecule has 0 fully saturated rings. The van der Waals surface area contributed by atoms with Crippen LogP contribution in [0.3, 0.4) is 0 Å². The minimum Gasteiger partial charge on any atom is -0.421 e. The van der Waals surface area contributed by atoms with Crippen LogP contribution in [-0.2, 0) is 24.5 Å². The molecule has 0 N–H and O–H groups in total. The zero-order valence-electron chi connectivity index (χ0n) is 13.6. The van der Waals surface area contributed by atoms with Gasteiger partial charge in [0.2, 0.25) is 2.95 Å². The fraction of sp³-hybridized carbons (Fsp3) is 1.00. The van der Waals surface area contributed by atoms with Gasteiger partial charge in [-0.2, -0.15) is 0 Å². The lowest BCUT2D eigenvalue weighted by molar-refractivity contribution is 0.0511. The minimum atomic E-state index is -4.42. The van der Waals surface area contributed by atoms with Crippen LogP contribution in [0.4, 0.5) is 0 Å². The molecule has 0 aromatic carbocycles. The first kappa shape index (κ1) is 27.9. The Morgan fingerprint density at radius 2 is 1.16 bits per heavy atom. The zero-order chi connectivity index (χ0) is 20.3. The summed E-state index contributed by atoms with van der Waals surface area (Å²) in [5, 5.41) is 0. The van der Waals surface area contributed by atoms with E-state index in [1.54, 1.807) is 0 Å². The van der Waals surface area contributed by atoms with Gasteiger partial charge in [-0.05, 0) is 108 Å². The van der Waals surface area contributed by atoms with E-state index in [-0.39, 0.29) is 6.54 Å². The molecule has 0 spiro atoms. The molecule has 0 aliphatic carbocycles. The van der Waals surface area contributed by atoms with E-state index in [1.165, 1.54) is 0 Å². The lowest BCUT2D eigenvalue weighted by atomic mass is 9.93. The predicted molar refractivity (Wildman–Crippen MR) is 127 cm³/mol. The van der Waals surface area contributed by atoms with Gasteiger partial charge in [-0.25, -0.2) is 16.8 Å². The second kappa shape index (κ2) is 10.3.